The van der Waals surface area contributed by atoms with E-state index in [1.807, 2.05) is 42.5 Å². The van der Waals surface area contributed by atoms with Crippen LogP contribution in [0.3, 0.4) is 0 Å². The second-order valence-corrected chi connectivity index (χ2v) is 5.99. The molecule has 1 heterocycles. The Kier molecular flexibility index (Phi) is 4.74. The molecule has 1 atom stereocenters. The number of piperazine rings is 1. The number of hydrogen-bond acceptors (Lipinski definition) is 3. The molecule has 3 nitrogen and oxygen atoms in total. The molecule has 1 aliphatic rings. The van der Waals surface area contributed by atoms with E-state index < -0.39 is 0 Å². The summed E-state index contributed by atoms with van der Waals surface area (Å²) in [5.74, 6) is 0. The highest BCUT2D eigenvalue weighted by molar-refractivity contribution is 6.30. The third kappa shape index (κ3) is 3.48. The van der Waals surface area contributed by atoms with Crippen molar-refractivity contribution in [1.82, 2.24) is 10.2 Å². The number of nitrogens with one attached hydrogen (secondary N) is 1. The van der Waals surface area contributed by atoms with E-state index in [4.69, 9.17) is 16.9 Å². The maximum Gasteiger partial charge on any atom is 0.0991 e. The zero-order chi connectivity index (χ0) is 15.4. The molecule has 1 unspecified atom stereocenters. The third-order valence-electron chi connectivity index (χ3n) is 4.06. The molecule has 22 heavy (non-hydrogen) atoms. The van der Waals surface area contributed by atoms with Crippen molar-refractivity contribution in [2.45, 2.75) is 12.6 Å². The van der Waals surface area contributed by atoms with Crippen LogP contribution in [0.25, 0.3) is 0 Å². The molecule has 1 fully saturated rings. The fraction of sp³-hybridized carbons (Fsp3) is 0.278. The van der Waals surface area contributed by atoms with Gasteiger partial charge >= 0.3 is 0 Å². The molecule has 3 rings (SSSR count). The van der Waals surface area contributed by atoms with Crippen LogP contribution < -0.4 is 5.32 Å². The van der Waals surface area contributed by atoms with Gasteiger partial charge in [-0.05, 0) is 35.4 Å². The van der Waals surface area contributed by atoms with Crippen LogP contribution in [0, 0.1) is 11.3 Å². The number of hydrogen-bond donors (Lipinski definition) is 1. The molecule has 4 heteroatoms. The van der Waals surface area contributed by atoms with Crippen molar-refractivity contribution in [1.29, 1.82) is 5.26 Å². The molecule has 0 radical (unpaired) electrons. The van der Waals surface area contributed by atoms with Crippen LogP contribution in [-0.2, 0) is 6.54 Å². The molecule has 1 N–H and O–H groups in total. The molecule has 0 aromatic heterocycles. The smallest absolute Gasteiger partial charge is 0.0991 e. The summed E-state index contributed by atoms with van der Waals surface area (Å²) in [6.45, 7) is 3.80. The van der Waals surface area contributed by atoms with E-state index in [0.29, 0.717) is 11.6 Å². The lowest BCUT2D eigenvalue weighted by atomic mass is 10.0. The predicted molar refractivity (Wildman–Crippen MR) is 88.6 cm³/mol. The van der Waals surface area contributed by atoms with E-state index in [2.05, 4.69) is 22.4 Å². The minimum Gasteiger partial charge on any atom is -0.314 e. The summed E-state index contributed by atoms with van der Waals surface area (Å²) >= 11 is 6.14. The first kappa shape index (κ1) is 15.1. The molecule has 1 aliphatic heterocycles. The van der Waals surface area contributed by atoms with Gasteiger partial charge in [0.2, 0.25) is 0 Å². The van der Waals surface area contributed by atoms with Crippen molar-refractivity contribution in [3.8, 4) is 6.07 Å². The first-order chi connectivity index (χ1) is 10.8. The number of nitrogens with zero attached hydrogens (tertiary/aromatic N) is 2. The molecular formula is C18H18ClN3. The van der Waals surface area contributed by atoms with Gasteiger partial charge in [0.15, 0.2) is 0 Å². The zero-order valence-electron chi connectivity index (χ0n) is 12.3. The predicted octanol–water partition coefficient (Wildman–Crippen LogP) is 3.36. The van der Waals surface area contributed by atoms with Crippen LogP contribution >= 0.6 is 11.6 Å². The van der Waals surface area contributed by atoms with Gasteiger partial charge in [-0.2, -0.15) is 5.26 Å². The maximum atomic E-state index is 8.89. The highest BCUT2D eigenvalue weighted by Crippen LogP contribution is 2.26. The lowest BCUT2D eigenvalue weighted by Crippen LogP contribution is -2.45. The van der Waals surface area contributed by atoms with Crippen molar-refractivity contribution in [3.05, 3.63) is 70.2 Å². The molecule has 2 aromatic rings. The Morgan fingerprint density at radius 2 is 2.05 bits per heavy atom. The first-order valence-electron chi connectivity index (χ1n) is 7.45. The van der Waals surface area contributed by atoms with Crippen molar-refractivity contribution in [2.75, 3.05) is 19.6 Å². The van der Waals surface area contributed by atoms with Crippen molar-refractivity contribution in [3.63, 3.8) is 0 Å². The summed E-state index contributed by atoms with van der Waals surface area (Å²) in [7, 11) is 0. The van der Waals surface area contributed by atoms with Crippen molar-refractivity contribution < 1.29 is 0 Å². The Morgan fingerprint density at radius 3 is 2.77 bits per heavy atom. The second-order valence-electron chi connectivity index (χ2n) is 5.55. The zero-order valence-corrected chi connectivity index (χ0v) is 13.1. The van der Waals surface area contributed by atoms with Crippen LogP contribution in [0.2, 0.25) is 5.02 Å². The van der Waals surface area contributed by atoms with Gasteiger partial charge in [0, 0.05) is 37.2 Å². The normalized spacial score (nSPS) is 18.8. The topological polar surface area (TPSA) is 39.1 Å². The molecule has 0 aliphatic carbocycles. The van der Waals surface area contributed by atoms with Crippen LogP contribution in [-0.4, -0.2) is 24.5 Å². The van der Waals surface area contributed by atoms with E-state index >= 15 is 0 Å². The van der Waals surface area contributed by atoms with Crippen LogP contribution in [0.1, 0.15) is 22.7 Å². The van der Waals surface area contributed by atoms with E-state index in [0.717, 1.165) is 31.2 Å². The second kappa shape index (κ2) is 6.93. The summed E-state index contributed by atoms with van der Waals surface area (Å²) in [4.78, 5) is 2.46. The summed E-state index contributed by atoms with van der Waals surface area (Å²) in [5.41, 5.74) is 3.18. The Balaban J connectivity index is 1.79. The Hall–Kier alpha value is -1.86. The van der Waals surface area contributed by atoms with Crippen molar-refractivity contribution in [2.24, 2.45) is 0 Å². The molecule has 0 amide bonds. The molecule has 0 spiro atoms. The minimum atomic E-state index is 0.322. The molecule has 2 aromatic carbocycles. The van der Waals surface area contributed by atoms with E-state index in [9.17, 15) is 0 Å². The monoisotopic (exact) mass is 311 g/mol. The van der Waals surface area contributed by atoms with Crippen LogP contribution in [0.4, 0.5) is 0 Å². The molecule has 0 saturated carbocycles. The van der Waals surface area contributed by atoms with Gasteiger partial charge in [-0.1, -0.05) is 35.9 Å². The lowest BCUT2D eigenvalue weighted by molar-refractivity contribution is 0.154. The molecular weight excluding hydrogens is 294 g/mol. The fourth-order valence-corrected chi connectivity index (χ4v) is 3.10. The minimum absolute atomic E-state index is 0.322. The highest BCUT2D eigenvalue weighted by atomic mass is 35.5. The van der Waals surface area contributed by atoms with E-state index in [1.165, 1.54) is 11.1 Å². The standard InChI is InChI=1S/C18H18ClN3/c19-17-3-1-2-16(10-17)18-12-21-8-9-22(18)13-15-6-4-14(11-20)5-7-15/h1-7,10,18,21H,8-9,12-13H2. The third-order valence-corrected chi connectivity index (χ3v) is 4.29. The largest absolute Gasteiger partial charge is 0.314 e. The van der Waals surface area contributed by atoms with Crippen LogP contribution in [0.15, 0.2) is 48.5 Å². The summed E-state index contributed by atoms with van der Waals surface area (Å²) in [6.07, 6.45) is 0. The Labute approximate surface area is 136 Å². The average Bonchev–Trinajstić information content (AvgIpc) is 2.56. The molecule has 112 valence electrons. The quantitative estimate of drug-likeness (QED) is 0.944. The first-order valence-corrected chi connectivity index (χ1v) is 7.83. The van der Waals surface area contributed by atoms with Crippen LogP contribution in [0.5, 0.6) is 0 Å². The highest BCUT2D eigenvalue weighted by Gasteiger charge is 2.23. The number of halogens is 1. The Morgan fingerprint density at radius 1 is 1.23 bits per heavy atom. The van der Waals surface area contributed by atoms with Gasteiger partial charge in [0.1, 0.15) is 0 Å². The lowest BCUT2D eigenvalue weighted by Gasteiger charge is -2.36. The number of benzene rings is 2. The summed E-state index contributed by atoms with van der Waals surface area (Å²) in [6, 6.07) is 18.4. The maximum absolute atomic E-state index is 8.89. The van der Waals surface area contributed by atoms with Gasteiger partial charge in [-0.25, -0.2) is 0 Å². The SMILES string of the molecule is N#Cc1ccc(CN2CCNCC2c2cccc(Cl)c2)cc1. The molecule has 0 bridgehead atoms. The number of rotatable bonds is 3. The molecule has 1 saturated heterocycles. The van der Waals surface area contributed by atoms with E-state index in [-0.39, 0.29) is 0 Å². The van der Waals surface area contributed by atoms with Gasteiger partial charge in [0.25, 0.3) is 0 Å². The average molecular weight is 312 g/mol. The van der Waals surface area contributed by atoms with Gasteiger partial charge in [-0.3, -0.25) is 4.90 Å². The van der Waals surface area contributed by atoms with Gasteiger partial charge < -0.3 is 5.32 Å². The summed E-state index contributed by atoms with van der Waals surface area (Å²) in [5, 5.41) is 13.1. The van der Waals surface area contributed by atoms with Gasteiger partial charge in [-0.15, -0.1) is 0 Å². The number of nitriles is 1. The summed E-state index contributed by atoms with van der Waals surface area (Å²) < 4.78 is 0. The van der Waals surface area contributed by atoms with Gasteiger partial charge in [0.05, 0.1) is 11.6 Å². The van der Waals surface area contributed by atoms with Crippen molar-refractivity contribution >= 4 is 11.6 Å². The Bertz CT molecular complexity index is 675. The fourth-order valence-electron chi connectivity index (χ4n) is 2.90. The van der Waals surface area contributed by atoms with E-state index in [1.54, 1.807) is 0 Å².